The number of nitrogens with two attached hydrogens (primary N) is 1. The summed E-state index contributed by atoms with van der Waals surface area (Å²) in [6.07, 6.45) is 3.00. The van der Waals surface area contributed by atoms with Gasteiger partial charge in [-0.15, -0.1) is 0 Å². The second-order valence-electron chi connectivity index (χ2n) is 4.66. The number of hydrogen-bond acceptors (Lipinski definition) is 4. The lowest BCUT2D eigenvalue weighted by Crippen LogP contribution is -2.16. The summed E-state index contributed by atoms with van der Waals surface area (Å²) in [5, 5.41) is 9.35. The summed E-state index contributed by atoms with van der Waals surface area (Å²) in [6.45, 7) is 0.540. The molecule has 0 bridgehead atoms. The molecule has 8 heteroatoms. The Hall–Kier alpha value is -1.34. The van der Waals surface area contributed by atoms with Crippen molar-refractivity contribution in [1.82, 2.24) is 4.98 Å². The molecule has 0 aliphatic heterocycles. The topological polar surface area (TPSA) is 85.1 Å². The van der Waals surface area contributed by atoms with Gasteiger partial charge < -0.3 is 5.32 Å². The van der Waals surface area contributed by atoms with Gasteiger partial charge in [0, 0.05) is 22.8 Å². The van der Waals surface area contributed by atoms with Crippen LogP contribution in [0.15, 0.2) is 41.4 Å². The van der Waals surface area contributed by atoms with Crippen molar-refractivity contribution in [3.05, 3.63) is 52.1 Å². The van der Waals surface area contributed by atoms with E-state index in [2.05, 4.69) is 10.3 Å². The van der Waals surface area contributed by atoms with Crippen LogP contribution < -0.4 is 10.5 Å². The molecule has 0 fully saturated rings. The number of hydrogen-bond donors (Lipinski definition) is 2. The van der Waals surface area contributed by atoms with E-state index in [0.29, 0.717) is 16.6 Å². The number of aryl methyl sites for hydroxylation is 1. The van der Waals surface area contributed by atoms with Gasteiger partial charge in [-0.2, -0.15) is 0 Å². The first-order valence-electron chi connectivity index (χ1n) is 6.53. The van der Waals surface area contributed by atoms with Crippen LogP contribution in [-0.4, -0.2) is 19.9 Å². The summed E-state index contributed by atoms with van der Waals surface area (Å²) in [6, 6.07) is 8.30. The van der Waals surface area contributed by atoms with Crippen molar-refractivity contribution in [2.45, 2.75) is 17.7 Å². The lowest BCUT2D eigenvalue weighted by molar-refractivity contribution is 0.597. The van der Waals surface area contributed by atoms with Crippen molar-refractivity contribution in [2.24, 2.45) is 5.14 Å². The number of aromatic nitrogens is 1. The van der Waals surface area contributed by atoms with Crippen molar-refractivity contribution in [2.75, 3.05) is 11.9 Å². The summed E-state index contributed by atoms with van der Waals surface area (Å²) in [5.74, 6) is 0.257. The maximum Gasteiger partial charge on any atom is 0.241 e. The molecule has 0 spiro atoms. The molecule has 0 saturated heterocycles. The molecule has 0 atom stereocenters. The van der Waals surface area contributed by atoms with Crippen LogP contribution in [0, 0.1) is 0 Å². The fourth-order valence-electron chi connectivity index (χ4n) is 1.96. The molecular weight excluding hydrogens is 345 g/mol. The molecule has 3 N–H and O–H groups in total. The normalized spacial score (nSPS) is 11.4. The smallest absolute Gasteiger partial charge is 0.241 e. The average molecular weight is 360 g/mol. The van der Waals surface area contributed by atoms with Crippen LogP contribution in [0.25, 0.3) is 0 Å². The number of sulfonamides is 1. The third-order valence-corrected chi connectivity index (χ3v) is 4.54. The monoisotopic (exact) mass is 359 g/mol. The average Bonchev–Trinajstić information content (AvgIpc) is 2.45. The number of pyridine rings is 1. The van der Waals surface area contributed by atoms with Gasteiger partial charge in [0.25, 0.3) is 0 Å². The van der Waals surface area contributed by atoms with Crippen molar-refractivity contribution < 1.29 is 8.42 Å². The maximum atomic E-state index is 11.5. The van der Waals surface area contributed by atoms with Gasteiger partial charge in [0.15, 0.2) is 0 Å². The maximum absolute atomic E-state index is 11.5. The Labute approximate surface area is 139 Å². The van der Waals surface area contributed by atoms with Crippen LogP contribution in [-0.2, 0) is 16.4 Å². The zero-order valence-electron chi connectivity index (χ0n) is 11.6. The number of anilines is 1. The molecule has 22 heavy (non-hydrogen) atoms. The van der Waals surface area contributed by atoms with Crippen molar-refractivity contribution >= 4 is 39.0 Å². The van der Waals surface area contributed by atoms with E-state index in [1.807, 2.05) is 6.07 Å². The minimum atomic E-state index is -3.80. The molecule has 0 radical (unpaired) electrons. The largest absolute Gasteiger partial charge is 0.369 e. The predicted molar refractivity (Wildman–Crippen MR) is 88.9 cm³/mol. The second-order valence-corrected chi connectivity index (χ2v) is 7.03. The Morgan fingerprint density at radius 2 is 2.00 bits per heavy atom. The van der Waals surface area contributed by atoms with E-state index in [9.17, 15) is 8.42 Å². The highest BCUT2D eigenvalue weighted by molar-refractivity contribution is 7.89. The molecule has 0 amide bonds. The van der Waals surface area contributed by atoms with Gasteiger partial charge in [-0.1, -0.05) is 29.3 Å². The van der Waals surface area contributed by atoms with E-state index >= 15 is 0 Å². The van der Waals surface area contributed by atoms with Crippen molar-refractivity contribution in [3.8, 4) is 0 Å². The van der Waals surface area contributed by atoms with Gasteiger partial charge in [-0.3, -0.25) is 0 Å². The first-order valence-corrected chi connectivity index (χ1v) is 8.84. The SMILES string of the molecule is NS(=O)(=O)c1cccnc1NCCCc1ccc(Cl)cc1Cl. The van der Waals surface area contributed by atoms with Gasteiger partial charge in [0.05, 0.1) is 0 Å². The number of halogens is 2. The number of primary sulfonamides is 1. The summed E-state index contributed by atoms with van der Waals surface area (Å²) >= 11 is 11.9. The second kappa shape index (κ2) is 7.28. The fraction of sp³-hybridized carbons (Fsp3) is 0.214. The minimum Gasteiger partial charge on any atom is -0.369 e. The molecular formula is C14H15Cl2N3O2S. The zero-order chi connectivity index (χ0) is 16.2. The van der Waals surface area contributed by atoms with Gasteiger partial charge in [0.2, 0.25) is 10.0 Å². The summed E-state index contributed by atoms with van der Waals surface area (Å²) < 4.78 is 22.9. The molecule has 1 heterocycles. The van der Waals surface area contributed by atoms with E-state index < -0.39 is 10.0 Å². The molecule has 0 unspecified atom stereocenters. The first-order chi connectivity index (χ1) is 10.4. The predicted octanol–water partition coefficient (Wildman–Crippen LogP) is 3.08. The molecule has 118 valence electrons. The van der Waals surface area contributed by atoms with E-state index in [4.69, 9.17) is 28.3 Å². The fourth-order valence-corrected chi connectivity index (χ4v) is 3.13. The van der Waals surface area contributed by atoms with E-state index in [0.717, 1.165) is 18.4 Å². The van der Waals surface area contributed by atoms with Crippen molar-refractivity contribution in [3.63, 3.8) is 0 Å². The number of rotatable bonds is 6. The third kappa shape index (κ3) is 4.58. The van der Waals surface area contributed by atoms with Gasteiger partial charge in [0.1, 0.15) is 10.7 Å². The zero-order valence-corrected chi connectivity index (χ0v) is 13.9. The lowest BCUT2D eigenvalue weighted by atomic mass is 10.1. The highest BCUT2D eigenvalue weighted by Gasteiger charge is 2.13. The third-order valence-electron chi connectivity index (χ3n) is 3.01. The Morgan fingerprint density at radius 3 is 2.68 bits per heavy atom. The number of nitrogens with one attached hydrogen (secondary N) is 1. The highest BCUT2D eigenvalue weighted by atomic mass is 35.5. The molecule has 2 aromatic rings. The molecule has 2 rings (SSSR count). The summed E-state index contributed by atoms with van der Waals surface area (Å²) in [5.41, 5.74) is 0.987. The molecule has 0 aliphatic rings. The Bertz CT molecular complexity index is 766. The molecule has 0 saturated carbocycles. The first kappa shape index (κ1) is 17.0. The van der Waals surface area contributed by atoms with Gasteiger partial charge in [-0.25, -0.2) is 18.5 Å². The van der Waals surface area contributed by atoms with Crippen LogP contribution in [0.3, 0.4) is 0 Å². The molecule has 1 aromatic heterocycles. The lowest BCUT2D eigenvalue weighted by Gasteiger charge is -2.09. The van der Waals surface area contributed by atoms with Gasteiger partial charge >= 0.3 is 0 Å². The molecule has 5 nitrogen and oxygen atoms in total. The van der Waals surface area contributed by atoms with Crippen molar-refractivity contribution in [1.29, 1.82) is 0 Å². The van der Waals surface area contributed by atoms with E-state index in [-0.39, 0.29) is 10.7 Å². The number of benzene rings is 1. The molecule has 0 aliphatic carbocycles. The van der Waals surface area contributed by atoms with Crippen LogP contribution in [0.4, 0.5) is 5.82 Å². The minimum absolute atomic E-state index is 0.0143. The van der Waals surface area contributed by atoms with Gasteiger partial charge in [-0.05, 0) is 42.7 Å². The van der Waals surface area contributed by atoms with Crippen LogP contribution in [0.5, 0.6) is 0 Å². The van der Waals surface area contributed by atoms with Crippen LogP contribution in [0.2, 0.25) is 10.0 Å². The quantitative estimate of drug-likeness (QED) is 0.776. The Morgan fingerprint density at radius 1 is 1.23 bits per heavy atom. The Balaban J connectivity index is 1.95. The highest BCUT2D eigenvalue weighted by Crippen LogP contribution is 2.22. The Kier molecular flexibility index (Phi) is 5.63. The van der Waals surface area contributed by atoms with E-state index in [1.54, 1.807) is 12.1 Å². The van der Waals surface area contributed by atoms with Crippen LogP contribution in [0.1, 0.15) is 12.0 Å². The van der Waals surface area contributed by atoms with E-state index in [1.165, 1.54) is 18.3 Å². The van der Waals surface area contributed by atoms with Crippen LogP contribution >= 0.6 is 23.2 Å². The number of nitrogens with zero attached hydrogens (tertiary/aromatic N) is 1. The standard InChI is InChI=1S/C14H15Cl2N3O2S/c15-11-6-5-10(12(16)9-11)3-1-7-18-14-13(22(17,20)21)4-2-8-19-14/h2,4-6,8-9H,1,3,7H2,(H,18,19)(H2,17,20,21). The summed E-state index contributed by atoms with van der Waals surface area (Å²) in [4.78, 5) is 3.99. The molecule has 1 aromatic carbocycles. The summed E-state index contributed by atoms with van der Waals surface area (Å²) in [7, 11) is -3.80.